The van der Waals surface area contributed by atoms with Crippen LogP contribution in [0.5, 0.6) is 11.5 Å². The standard InChI is InChI=1S/C23H22Cl3NO2/c1-3-28-22-10-17(13-27-21-9-8-18(24)11-20(21)26)19(25)12-23(22)29-14-16-6-4-15(2)5-7-16/h4-12,27H,3,13-14H2,1-2H3. The van der Waals surface area contributed by atoms with Crippen molar-refractivity contribution in [2.75, 3.05) is 11.9 Å². The van der Waals surface area contributed by atoms with E-state index in [1.165, 1.54) is 5.56 Å². The molecule has 1 N–H and O–H groups in total. The topological polar surface area (TPSA) is 30.5 Å². The van der Waals surface area contributed by atoms with Crippen LogP contribution in [0.4, 0.5) is 5.69 Å². The third-order valence-corrected chi connectivity index (χ3v) is 5.23. The van der Waals surface area contributed by atoms with Crippen LogP contribution in [-0.4, -0.2) is 6.61 Å². The predicted molar refractivity (Wildman–Crippen MR) is 122 cm³/mol. The molecular formula is C23H22Cl3NO2. The summed E-state index contributed by atoms with van der Waals surface area (Å²) in [6, 6.07) is 17.2. The molecule has 0 aromatic heterocycles. The number of hydrogen-bond donors (Lipinski definition) is 1. The lowest BCUT2D eigenvalue weighted by Crippen LogP contribution is -2.04. The molecule has 0 heterocycles. The Bertz CT molecular complexity index is 975. The number of benzene rings is 3. The largest absolute Gasteiger partial charge is 0.490 e. The molecule has 0 saturated heterocycles. The summed E-state index contributed by atoms with van der Waals surface area (Å²) in [5.41, 5.74) is 3.95. The first kappa shape index (κ1) is 21.6. The maximum atomic E-state index is 6.51. The molecule has 0 saturated carbocycles. The van der Waals surface area contributed by atoms with Crippen molar-refractivity contribution in [2.45, 2.75) is 27.0 Å². The summed E-state index contributed by atoms with van der Waals surface area (Å²) >= 11 is 18.7. The van der Waals surface area contributed by atoms with E-state index in [0.29, 0.717) is 46.3 Å². The normalized spacial score (nSPS) is 10.7. The van der Waals surface area contributed by atoms with Gasteiger partial charge in [-0.1, -0.05) is 64.6 Å². The molecule has 0 aliphatic rings. The zero-order valence-electron chi connectivity index (χ0n) is 16.3. The Morgan fingerprint density at radius 1 is 0.828 bits per heavy atom. The maximum Gasteiger partial charge on any atom is 0.163 e. The summed E-state index contributed by atoms with van der Waals surface area (Å²) in [4.78, 5) is 0. The van der Waals surface area contributed by atoms with Crippen LogP contribution in [-0.2, 0) is 13.2 Å². The Labute approximate surface area is 186 Å². The van der Waals surface area contributed by atoms with Gasteiger partial charge in [-0.3, -0.25) is 0 Å². The molecule has 3 nitrogen and oxygen atoms in total. The minimum absolute atomic E-state index is 0.439. The molecule has 0 bridgehead atoms. The lowest BCUT2D eigenvalue weighted by Gasteiger charge is -2.16. The summed E-state index contributed by atoms with van der Waals surface area (Å²) in [7, 11) is 0. The Hall–Kier alpha value is -2.07. The minimum atomic E-state index is 0.439. The Balaban J connectivity index is 1.75. The average Bonchev–Trinajstić information content (AvgIpc) is 2.69. The molecule has 0 radical (unpaired) electrons. The highest BCUT2D eigenvalue weighted by atomic mass is 35.5. The molecule has 29 heavy (non-hydrogen) atoms. The van der Waals surface area contributed by atoms with E-state index in [-0.39, 0.29) is 0 Å². The van der Waals surface area contributed by atoms with E-state index in [1.54, 1.807) is 18.2 Å². The number of aryl methyl sites for hydroxylation is 1. The van der Waals surface area contributed by atoms with Gasteiger partial charge in [0.2, 0.25) is 0 Å². The molecule has 0 fully saturated rings. The smallest absolute Gasteiger partial charge is 0.163 e. The molecule has 0 atom stereocenters. The van der Waals surface area contributed by atoms with Crippen molar-refractivity contribution < 1.29 is 9.47 Å². The Morgan fingerprint density at radius 3 is 2.24 bits per heavy atom. The Kier molecular flexibility index (Phi) is 7.54. The first-order valence-corrected chi connectivity index (χ1v) is 10.4. The fourth-order valence-corrected chi connectivity index (χ4v) is 3.46. The molecule has 0 aliphatic carbocycles. The highest BCUT2D eigenvalue weighted by Gasteiger charge is 2.12. The van der Waals surface area contributed by atoms with Crippen LogP contribution < -0.4 is 14.8 Å². The maximum absolute atomic E-state index is 6.51. The second-order valence-corrected chi connectivity index (χ2v) is 7.83. The molecule has 0 aliphatic heterocycles. The highest BCUT2D eigenvalue weighted by Crippen LogP contribution is 2.35. The van der Waals surface area contributed by atoms with Gasteiger partial charge in [-0.25, -0.2) is 0 Å². The van der Waals surface area contributed by atoms with Gasteiger partial charge < -0.3 is 14.8 Å². The number of ether oxygens (including phenoxy) is 2. The molecule has 0 unspecified atom stereocenters. The number of anilines is 1. The van der Waals surface area contributed by atoms with Crippen molar-refractivity contribution in [3.8, 4) is 11.5 Å². The van der Waals surface area contributed by atoms with Gasteiger partial charge in [-0.15, -0.1) is 0 Å². The van der Waals surface area contributed by atoms with Gasteiger partial charge in [0, 0.05) is 22.7 Å². The third-order valence-electron chi connectivity index (χ3n) is 4.33. The second kappa shape index (κ2) is 10.1. The van der Waals surface area contributed by atoms with Gasteiger partial charge >= 0.3 is 0 Å². The first-order chi connectivity index (χ1) is 14.0. The lowest BCUT2D eigenvalue weighted by molar-refractivity contribution is 0.269. The number of hydrogen-bond acceptors (Lipinski definition) is 3. The van der Waals surface area contributed by atoms with Gasteiger partial charge in [0.25, 0.3) is 0 Å². The fraction of sp³-hybridized carbons (Fsp3) is 0.217. The van der Waals surface area contributed by atoms with Crippen molar-refractivity contribution in [1.29, 1.82) is 0 Å². The second-order valence-electron chi connectivity index (χ2n) is 6.58. The average molecular weight is 451 g/mol. The lowest BCUT2D eigenvalue weighted by atomic mass is 10.1. The quantitative estimate of drug-likeness (QED) is 0.384. The van der Waals surface area contributed by atoms with Crippen LogP contribution in [0.15, 0.2) is 54.6 Å². The summed E-state index contributed by atoms with van der Waals surface area (Å²) in [6.07, 6.45) is 0. The third kappa shape index (κ3) is 5.96. The number of rotatable bonds is 8. The van der Waals surface area contributed by atoms with E-state index < -0.39 is 0 Å². The van der Waals surface area contributed by atoms with E-state index in [9.17, 15) is 0 Å². The Morgan fingerprint density at radius 2 is 1.55 bits per heavy atom. The van der Waals surface area contributed by atoms with Gasteiger partial charge in [0.15, 0.2) is 11.5 Å². The van der Waals surface area contributed by atoms with E-state index in [2.05, 4.69) is 24.4 Å². The monoisotopic (exact) mass is 449 g/mol. The minimum Gasteiger partial charge on any atom is -0.490 e. The van der Waals surface area contributed by atoms with Gasteiger partial charge in [-0.2, -0.15) is 0 Å². The van der Waals surface area contributed by atoms with Crippen molar-refractivity contribution in [2.24, 2.45) is 0 Å². The number of halogens is 3. The highest BCUT2D eigenvalue weighted by molar-refractivity contribution is 6.36. The van der Waals surface area contributed by atoms with E-state index in [1.807, 2.05) is 31.2 Å². The summed E-state index contributed by atoms with van der Waals surface area (Å²) in [5.74, 6) is 1.27. The molecular weight excluding hydrogens is 429 g/mol. The molecule has 0 amide bonds. The zero-order valence-corrected chi connectivity index (χ0v) is 18.5. The van der Waals surface area contributed by atoms with Gasteiger partial charge in [-0.05, 0) is 49.2 Å². The molecule has 152 valence electrons. The van der Waals surface area contributed by atoms with Crippen LogP contribution in [0, 0.1) is 6.92 Å². The van der Waals surface area contributed by atoms with Crippen LogP contribution in [0.2, 0.25) is 15.1 Å². The molecule has 0 spiro atoms. The van der Waals surface area contributed by atoms with E-state index >= 15 is 0 Å². The zero-order chi connectivity index (χ0) is 20.8. The molecule has 3 aromatic rings. The van der Waals surface area contributed by atoms with E-state index in [0.717, 1.165) is 16.8 Å². The summed E-state index contributed by atoms with van der Waals surface area (Å²) < 4.78 is 11.8. The van der Waals surface area contributed by atoms with Crippen LogP contribution in [0.1, 0.15) is 23.6 Å². The molecule has 6 heteroatoms. The van der Waals surface area contributed by atoms with Crippen molar-refractivity contribution >= 4 is 40.5 Å². The predicted octanol–water partition coefficient (Wildman–Crippen LogP) is 7.55. The van der Waals surface area contributed by atoms with Crippen molar-refractivity contribution in [3.63, 3.8) is 0 Å². The van der Waals surface area contributed by atoms with Gasteiger partial charge in [0.05, 0.1) is 17.3 Å². The SMILES string of the molecule is CCOc1cc(CNc2ccc(Cl)cc2Cl)c(Cl)cc1OCc1ccc(C)cc1. The van der Waals surface area contributed by atoms with Crippen molar-refractivity contribution in [3.05, 3.63) is 86.4 Å². The fourth-order valence-electron chi connectivity index (χ4n) is 2.76. The summed E-state index contributed by atoms with van der Waals surface area (Å²) in [5, 5.41) is 5.01. The van der Waals surface area contributed by atoms with Crippen LogP contribution in [0.25, 0.3) is 0 Å². The first-order valence-electron chi connectivity index (χ1n) is 9.28. The van der Waals surface area contributed by atoms with Crippen molar-refractivity contribution in [1.82, 2.24) is 0 Å². The molecule has 3 aromatic carbocycles. The van der Waals surface area contributed by atoms with Gasteiger partial charge in [0.1, 0.15) is 6.61 Å². The molecule has 3 rings (SSSR count). The number of nitrogens with one attached hydrogen (secondary N) is 1. The van der Waals surface area contributed by atoms with E-state index in [4.69, 9.17) is 44.3 Å². The summed E-state index contributed by atoms with van der Waals surface area (Å²) in [6.45, 7) is 5.44. The van der Waals surface area contributed by atoms with Crippen LogP contribution >= 0.6 is 34.8 Å². The van der Waals surface area contributed by atoms with Crippen LogP contribution in [0.3, 0.4) is 0 Å².